The van der Waals surface area contributed by atoms with Crippen molar-refractivity contribution in [2.75, 3.05) is 6.61 Å². The van der Waals surface area contributed by atoms with E-state index >= 15 is 0 Å². The minimum atomic E-state index is 0.129. The Balaban J connectivity index is 1.99. The van der Waals surface area contributed by atoms with E-state index in [4.69, 9.17) is 39.5 Å². The third-order valence-electron chi connectivity index (χ3n) is 3.87. The highest BCUT2D eigenvalue weighted by atomic mass is 35.5. The van der Waals surface area contributed by atoms with E-state index in [1.165, 1.54) is 0 Å². The molecule has 0 spiro atoms. The molecule has 22 heavy (non-hydrogen) atoms. The molecule has 1 heterocycles. The van der Waals surface area contributed by atoms with Gasteiger partial charge in [0.15, 0.2) is 0 Å². The number of benzene rings is 3. The molecule has 4 rings (SSSR count). The largest absolute Gasteiger partial charge is 0.368 e. The van der Waals surface area contributed by atoms with Crippen LogP contribution in [0.3, 0.4) is 0 Å². The zero-order valence-electron chi connectivity index (χ0n) is 11.4. The molecule has 1 atom stereocenters. The number of hydrogen-bond donors (Lipinski definition) is 0. The monoisotopic (exact) mass is 348 g/mol. The number of hydrogen-bond acceptors (Lipinski definition) is 1. The summed E-state index contributed by atoms with van der Waals surface area (Å²) < 4.78 is 5.49. The molecule has 0 amide bonds. The first-order valence-corrected chi connectivity index (χ1v) is 8.05. The quantitative estimate of drug-likeness (QED) is 0.479. The van der Waals surface area contributed by atoms with E-state index in [9.17, 15) is 0 Å². The Bertz CT molecular complexity index is 868. The maximum atomic E-state index is 6.40. The second-order valence-corrected chi connectivity index (χ2v) is 6.66. The molecule has 0 radical (unpaired) electrons. The second-order valence-electron chi connectivity index (χ2n) is 5.38. The van der Waals surface area contributed by atoms with Gasteiger partial charge in [-0.2, -0.15) is 0 Å². The van der Waals surface area contributed by atoms with Crippen molar-refractivity contribution in [3.05, 3.63) is 69.2 Å². The first-order chi connectivity index (χ1) is 10.6. The summed E-state index contributed by atoms with van der Waals surface area (Å²) in [7, 11) is 0. The van der Waals surface area contributed by atoms with Gasteiger partial charge in [-0.15, -0.1) is 0 Å². The molecular weight excluding hydrogens is 339 g/mol. The summed E-state index contributed by atoms with van der Waals surface area (Å²) in [6, 6.07) is 15.7. The lowest BCUT2D eigenvalue weighted by Crippen LogP contribution is -1.89. The van der Waals surface area contributed by atoms with E-state index in [2.05, 4.69) is 12.1 Å². The Labute approximate surface area is 143 Å². The highest BCUT2D eigenvalue weighted by Crippen LogP contribution is 2.41. The molecule has 0 bridgehead atoms. The topological polar surface area (TPSA) is 12.5 Å². The van der Waals surface area contributed by atoms with Gasteiger partial charge in [-0.05, 0) is 58.5 Å². The van der Waals surface area contributed by atoms with Crippen molar-refractivity contribution in [3.8, 4) is 11.1 Å². The Morgan fingerprint density at radius 2 is 1.50 bits per heavy atom. The Morgan fingerprint density at radius 1 is 0.773 bits per heavy atom. The van der Waals surface area contributed by atoms with Gasteiger partial charge in [0, 0.05) is 20.5 Å². The van der Waals surface area contributed by atoms with Gasteiger partial charge in [-0.25, -0.2) is 0 Å². The fourth-order valence-electron chi connectivity index (χ4n) is 2.72. The van der Waals surface area contributed by atoms with Gasteiger partial charge in [0.2, 0.25) is 0 Å². The lowest BCUT2D eigenvalue weighted by atomic mass is 9.95. The summed E-state index contributed by atoms with van der Waals surface area (Å²) in [5, 5.41) is 4.06. The summed E-state index contributed by atoms with van der Waals surface area (Å²) in [5.41, 5.74) is 3.32. The van der Waals surface area contributed by atoms with Crippen molar-refractivity contribution in [3.63, 3.8) is 0 Å². The van der Waals surface area contributed by atoms with Crippen molar-refractivity contribution in [1.29, 1.82) is 0 Å². The maximum absolute atomic E-state index is 6.40. The van der Waals surface area contributed by atoms with Crippen LogP contribution in [0.25, 0.3) is 21.9 Å². The predicted molar refractivity (Wildman–Crippen MR) is 93.1 cm³/mol. The van der Waals surface area contributed by atoms with Crippen molar-refractivity contribution in [1.82, 2.24) is 0 Å². The van der Waals surface area contributed by atoms with Crippen LogP contribution in [-0.4, -0.2) is 6.61 Å². The molecule has 1 aliphatic rings. The Kier molecular flexibility index (Phi) is 3.54. The van der Waals surface area contributed by atoms with Crippen LogP contribution in [0, 0.1) is 0 Å². The Morgan fingerprint density at radius 3 is 2.18 bits per heavy atom. The number of halogens is 3. The predicted octanol–water partition coefficient (Wildman–Crippen LogP) is 6.54. The molecule has 0 N–H and O–H groups in total. The number of epoxide rings is 1. The van der Waals surface area contributed by atoms with Crippen LogP contribution < -0.4 is 0 Å². The minimum absolute atomic E-state index is 0.129. The number of fused-ring (bicyclic) bond motifs is 1. The van der Waals surface area contributed by atoms with Crippen LogP contribution in [0.5, 0.6) is 0 Å². The van der Waals surface area contributed by atoms with E-state index in [0.717, 1.165) is 39.1 Å². The Hall–Kier alpha value is -1.25. The molecule has 0 saturated carbocycles. The molecule has 1 aliphatic heterocycles. The lowest BCUT2D eigenvalue weighted by Gasteiger charge is -2.11. The molecule has 1 fully saturated rings. The molecule has 3 aromatic rings. The zero-order valence-corrected chi connectivity index (χ0v) is 13.7. The average molecular weight is 350 g/mol. The molecule has 4 heteroatoms. The second kappa shape index (κ2) is 5.43. The van der Waals surface area contributed by atoms with Crippen molar-refractivity contribution in [2.24, 2.45) is 0 Å². The highest BCUT2D eigenvalue weighted by molar-refractivity contribution is 6.39. The van der Waals surface area contributed by atoms with Crippen molar-refractivity contribution < 1.29 is 4.74 Å². The van der Waals surface area contributed by atoms with Gasteiger partial charge in [0.1, 0.15) is 6.10 Å². The normalized spacial score (nSPS) is 17.0. The summed E-state index contributed by atoms with van der Waals surface area (Å²) in [5.74, 6) is 0. The molecule has 1 nitrogen and oxygen atoms in total. The van der Waals surface area contributed by atoms with Crippen LogP contribution >= 0.6 is 34.8 Å². The lowest BCUT2D eigenvalue weighted by molar-refractivity contribution is 0.417. The van der Waals surface area contributed by atoms with Crippen LogP contribution in [-0.2, 0) is 4.74 Å². The first-order valence-electron chi connectivity index (χ1n) is 6.92. The standard InChI is InChI=1S/C18H11Cl3O/c19-12-3-1-10(2-4-12)11-5-15-14(7-13(20)8-17(15)21)16(6-11)18-9-22-18/h1-8,18H,9H2/t18-/m1/s1. The van der Waals surface area contributed by atoms with Gasteiger partial charge < -0.3 is 4.74 Å². The third-order valence-corrected chi connectivity index (χ3v) is 4.66. The van der Waals surface area contributed by atoms with Crippen LogP contribution in [0.15, 0.2) is 48.5 Å². The van der Waals surface area contributed by atoms with Crippen molar-refractivity contribution in [2.45, 2.75) is 6.10 Å². The summed E-state index contributed by atoms with van der Waals surface area (Å²) in [6.07, 6.45) is 0.129. The fourth-order valence-corrected chi connectivity index (χ4v) is 3.39. The molecule has 1 saturated heterocycles. The smallest absolute Gasteiger partial charge is 0.107 e. The number of rotatable bonds is 2. The zero-order chi connectivity index (χ0) is 15.3. The van der Waals surface area contributed by atoms with Gasteiger partial charge in [-0.1, -0.05) is 46.9 Å². The molecule has 110 valence electrons. The summed E-state index contributed by atoms with van der Waals surface area (Å²) >= 11 is 18.5. The highest BCUT2D eigenvalue weighted by Gasteiger charge is 2.27. The van der Waals surface area contributed by atoms with Gasteiger partial charge >= 0.3 is 0 Å². The van der Waals surface area contributed by atoms with Gasteiger partial charge in [0.05, 0.1) is 6.61 Å². The molecule has 0 aromatic heterocycles. The number of ether oxygens (including phenoxy) is 1. The van der Waals surface area contributed by atoms with Crippen molar-refractivity contribution >= 4 is 45.6 Å². The molecule has 3 aromatic carbocycles. The van der Waals surface area contributed by atoms with E-state index < -0.39 is 0 Å². The SMILES string of the molecule is Clc1ccc(-c2cc([C@H]3CO3)c3cc(Cl)cc(Cl)c3c2)cc1. The third kappa shape index (κ3) is 2.59. The first kappa shape index (κ1) is 14.3. The van der Waals surface area contributed by atoms with E-state index in [1.54, 1.807) is 6.07 Å². The summed E-state index contributed by atoms with van der Waals surface area (Å²) in [6.45, 7) is 0.739. The van der Waals surface area contributed by atoms with Gasteiger partial charge in [-0.3, -0.25) is 0 Å². The molecule has 0 aliphatic carbocycles. The maximum Gasteiger partial charge on any atom is 0.107 e. The van der Waals surface area contributed by atoms with Crippen LogP contribution in [0.1, 0.15) is 11.7 Å². The molecular formula is C18H11Cl3O. The fraction of sp³-hybridized carbons (Fsp3) is 0.111. The van der Waals surface area contributed by atoms with Crippen LogP contribution in [0.2, 0.25) is 15.1 Å². The molecule has 0 unspecified atom stereocenters. The van der Waals surface area contributed by atoms with Crippen LogP contribution in [0.4, 0.5) is 0 Å². The van der Waals surface area contributed by atoms with E-state index in [0.29, 0.717) is 10.0 Å². The van der Waals surface area contributed by atoms with E-state index in [1.807, 2.05) is 30.3 Å². The van der Waals surface area contributed by atoms with E-state index in [-0.39, 0.29) is 6.10 Å². The average Bonchev–Trinajstić information content (AvgIpc) is 3.32. The van der Waals surface area contributed by atoms with Gasteiger partial charge in [0.25, 0.3) is 0 Å². The minimum Gasteiger partial charge on any atom is -0.368 e. The summed E-state index contributed by atoms with van der Waals surface area (Å²) in [4.78, 5) is 0.